The van der Waals surface area contributed by atoms with Gasteiger partial charge in [0.15, 0.2) is 12.5 Å². The highest BCUT2D eigenvalue weighted by atomic mass is 19.1. The maximum absolute atomic E-state index is 13.2. The fourth-order valence-corrected chi connectivity index (χ4v) is 0.874. The van der Waals surface area contributed by atoms with Crippen LogP contribution in [-0.2, 0) is 4.74 Å². The van der Waals surface area contributed by atoms with Crippen LogP contribution in [0.3, 0.4) is 0 Å². The number of nitro groups is 1. The Bertz CT molecular complexity index is 342. The molecule has 76 valence electrons. The zero-order valence-electron chi connectivity index (χ0n) is 7.40. The highest BCUT2D eigenvalue weighted by Crippen LogP contribution is 2.25. The molecule has 0 saturated carbocycles. The topological polar surface area (TPSA) is 61.6 Å². The van der Waals surface area contributed by atoms with Gasteiger partial charge < -0.3 is 9.47 Å². The Kier molecular flexibility index (Phi) is 3.35. The van der Waals surface area contributed by atoms with Gasteiger partial charge in [0.05, 0.1) is 4.92 Å². The number of nitro benzene ring substituents is 1. The lowest BCUT2D eigenvalue weighted by Gasteiger charge is -2.04. The molecule has 0 radical (unpaired) electrons. The first-order valence-corrected chi connectivity index (χ1v) is 3.71. The van der Waals surface area contributed by atoms with Crippen LogP contribution >= 0.6 is 0 Å². The van der Waals surface area contributed by atoms with E-state index in [2.05, 4.69) is 4.74 Å². The third-order valence-corrected chi connectivity index (χ3v) is 1.47. The molecular weight excluding hydrogens is 193 g/mol. The summed E-state index contributed by atoms with van der Waals surface area (Å²) in [7, 11) is 1.37. The fraction of sp³-hybridized carbons (Fsp3) is 0.250. The second kappa shape index (κ2) is 4.52. The monoisotopic (exact) mass is 201 g/mol. The Labute approximate surface area is 79.2 Å². The highest BCUT2D eigenvalue weighted by molar-refractivity contribution is 5.40. The van der Waals surface area contributed by atoms with Crippen molar-refractivity contribution in [3.63, 3.8) is 0 Å². The molecule has 0 atom stereocenters. The van der Waals surface area contributed by atoms with E-state index in [-0.39, 0.29) is 12.5 Å². The highest BCUT2D eigenvalue weighted by Gasteiger charge is 2.17. The molecule has 5 nitrogen and oxygen atoms in total. The molecule has 0 aliphatic rings. The molecule has 0 heterocycles. The van der Waals surface area contributed by atoms with Gasteiger partial charge in [-0.3, -0.25) is 10.1 Å². The van der Waals surface area contributed by atoms with E-state index in [1.54, 1.807) is 0 Å². The van der Waals surface area contributed by atoms with Crippen LogP contribution in [0.25, 0.3) is 0 Å². The number of hydrogen-bond donors (Lipinski definition) is 0. The van der Waals surface area contributed by atoms with Crippen molar-refractivity contribution in [1.29, 1.82) is 0 Å². The summed E-state index contributed by atoms with van der Waals surface area (Å²) in [6.07, 6.45) is 0. The second-order valence-corrected chi connectivity index (χ2v) is 2.40. The average molecular weight is 201 g/mol. The number of methoxy groups -OCH3 is 1. The largest absolute Gasteiger partial charge is 0.464 e. The van der Waals surface area contributed by atoms with Crippen LogP contribution in [-0.4, -0.2) is 18.8 Å². The maximum Gasteiger partial charge on any atom is 0.308 e. The maximum atomic E-state index is 13.2. The molecule has 0 aliphatic carbocycles. The van der Waals surface area contributed by atoms with Gasteiger partial charge in [-0.1, -0.05) is 6.07 Å². The normalized spacial score (nSPS) is 9.86. The molecule has 0 amide bonds. The van der Waals surface area contributed by atoms with Crippen molar-refractivity contribution in [2.24, 2.45) is 0 Å². The quantitative estimate of drug-likeness (QED) is 0.422. The van der Waals surface area contributed by atoms with Crippen molar-refractivity contribution in [2.75, 3.05) is 13.9 Å². The Morgan fingerprint density at radius 3 is 2.86 bits per heavy atom. The van der Waals surface area contributed by atoms with Crippen molar-refractivity contribution in [3.05, 3.63) is 34.1 Å². The minimum absolute atomic E-state index is 0.155. The van der Waals surface area contributed by atoms with Crippen molar-refractivity contribution in [3.8, 4) is 5.75 Å². The van der Waals surface area contributed by atoms with Gasteiger partial charge in [-0.15, -0.1) is 0 Å². The lowest BCUT2D eigenvalue weighted by atomic mass is 10.3. The van der Waals surface area contributed by atoms with E-state index in [4.69, 9.17) is 4.74 Å². The fourth-order valence-electron chi connectivity index (χ4n) is 0.874. The van der Waals surface area contributed by atoms with E-state index >= 15 is 0 Å². The van der Waals surface area contributed by atoms with E-state index < -0.39 is 16.4 Å². The summed E-state index contributed by atoms with van der Waals surface area (Å²) in [6.45, 7) is -0.155. The van der Waals surface area contributed by atoms with Crippen LogP contribution in [0.4, 0.5) is 10.1 Å². The SMILES string of the molecule is COCOc1cccc([N+](=O)[O-])c1F. The molecule has 1 aromatic carbocycles. The minimum atomic E-state index is -0.991. The van der Waals surface area contributed by atoms with Crippen LogP contribution in [0.2, 0.25) is 0 Å². The van der Waals surface area contributed by atoms with Crippen LogP contribution in [0, 0.1) is 15.9 Å². The third kappa shape index (κ3) is 2.17. The number of hydrogen-bond acceptors (Lipinski definition) is 4. The first-order valence-electron chi connectivity index (χ1n) is 3.71. The van der Waals surface area contributed by atoms with Crippen LogP contribution in [0.5, 0.6) is 5.75 Å². The number of nitrogens with zero attached hydrogens (tertiary/aromatic N) is 1. The van der Waals surface area contributed by atoms with Crippen molar-refractivity contribution < 1.29 is 18.8 Å². The molecule has 0 unspecified atom stereocenters. The number of benzene rings is 1. The van der Waals surface area contributed by atoms with E-state index in [9.17, 15) is 14.5 Å². The van der Waals surface area contributed by atoms with Gasteiger partial charge in [0.1, 0.15) is 0 Å². The molecule has 0 aliphatic heterocycles. The Hall–Kier alpha value is -1.69. The zero-order valence-corrected chi connectivity index (χ0v) is 7.40. The predicted molar refractivity (Wildman–Crippen MR) is 45.6 cm³/mol. The van der Waals surface area contributed by atoms with E-state index in [1.807, 2.05) is 0 Å². The van der Waals surface area contributed by atoms with Crippen LogP contribution in [0.1, 0.15) is 0 Å². The molecule has 0 aromatic heterocycles. The molecule has 0 fully saturated rings. The number of ether oxygens (including phenoxy) is 2. The molecule has 0 spiro atoms. The standard InChI is InChI=1S/C8H8FNO4/c1-13-5-14-7-4-2-3-6(8(7)9)10(11)12/h2-4H,5H2,1H3. The molecule has 0 saturated heterocycles. The van der Waals surface area contributed by atoms with Crippen molar-refractivity contribution in [2.45, 2.75) is 0 Å². The summed E-state index contributed by atoms with van der Waals surface area (Å²) in [5.74, 6) is -1.18. The smallest absolute Gasteiger partial charge is 0.308 e. The molecule has 0 N–H and O–H groups in total. The summed E-state index contributed by atoms with van der Waals surface area (Å²) in [4.78, 5) is 9.52. The summed E-state index contributed by atoms with van der Waals surface area (Å²) < 4.78 is 22.5. The van der Waals surface area contributed by atoms with Crippen molar-refractivity contribution >= 4 is 5.69 Å². The van der Waals surface area contributed by atoms with Gasteiger partial charge in [0.25, 0.3) is 0 Å². The Morgan fingerprint density at radius 2 is 2.29 bits per heavy atom. The van der Waals surface area contributed by atoms with Crippen molar-refractivity contribution in [1.82, 2.24) is 0 Å². The molecule has 1 rings (SSSR count). The van der Waals surface area contributed by atoms with Gasteiger partial charge in [0.2, 0.25) is 5.82 Å². The van der Waals surface area contributed by atoms with Gasteiger partial charge in [0, 0.05) is 13.2 Å². The predicted octanol–water partition coefficient (Wildman–Crippen LogP) is 1.72. The average Bonchev–Trinajstić information content (AvgIpc) is 2.16. The zero-order chi connectivity index (χ0) is 10.6. The third-order valence-electron chi connectivity index (χ3n) is 1.47. The summed E-state index contributed by atoms with van der Waals surface area (Å²) in [5, 5.41) is 10.3. The molecule has 14 heavy (non-hydrogen) atoms. The van der Waals surface area contributed by atoms with Crippen LogP contribution < -0.4 is 4.74 Å². The second-order valence-electron chi connectivity index (χ2n) is 2.40. The van der Waals surface area contributed by atoms with Gasteiger partial charge in [-0.25, -0.2) is 0 Å². The number of rotatable bonds is 4. The summed E-state index contributed by atoms with van der Waals surface area (Å²) in [5.41, 5.74) is -0.612. The molecular formula is C8H8FNO4. The molecule has 6 heteroatoms. The van der Waals surface area contributed by atoms with Gasteiger partial charge >= 0.3 is 5.69 Å². The Morgan fingerprint density at radius 1 is 1.57 bits per heavy atom. The first-order chi connectivity index (χ1) is 6.66. The molecule has 1 aromatic rings. The first kappa shape index (κ1) is 10.4. The lowest BCUT2D eigenvalue weighted by Crippen LogP contribution is -2.02. The summed E-state index contributed by atoms with van der Waals surface area (Å²) in [6, 6.07) is 3.70. The van der Waals surface area contributed by atoms with Crippen LogP contribution in [0.15, 0.2) is 18.2 Å². The summed E-state index contributed by atoms with van der Waals surface area (Å²) >= 11 is 0. The van der Waals surface area contributed by atoms with E-state index in [0.717, 1.165) is 6.07 Å². The minimum Gasteiger partial charge on any atom is -0.464 e. The lowest BCUT2D eigenvalue weighted by molar-refractivity contribution is -0.387. The Balaban J connectivity index is 2.95. The van der Waals surface area contributed by atoms with E-state index in [0.29, 0.717) is 0 Å². The van der Waals surface area contributed by atoms with Gasteiger partial charge in [-0.05, 0) is 6.07 Å². The van der Waals surface area contributed by atoms with E-state index in [1.165, 1.54) is 19.2 Å². The number of halogens is 1. The molecule has 0 bridgehead atoms. The van der Waals surface area contributed by atoms with Gasteiger partial charge in [-0.2, -0.15) is 4.39 Å².